The van der Waals surface area contributed by atoms with E-state index in [1.165, 1.54) is 12.8 Å². The van der Waals surface area contributed by atoms with Gasteiger partial charge in [0.25, 0.3) is 0 Å². The SMILES string of the molecule is CCNC(C)c1cccc(S(=O)(=O)NC(C)CC2CC2)c1. The number of hydrogen-bond acceptors (Lipinski definition) is 3. The summed E-state index contributed by atoms with van der Waals surface area (Å²) < 4.78 is 27.7. The van der Waals surface area contributed by atoms with Crippen molar-refractivity contribution in [3.63, 3.8) is 0 Å². The molecule has 0 amide bonds. The van der Waals surface area contributed by atoms with E-state index < -0.39 is 10.0 Å². The molecule has 2 atom stereocenters. The summed E-state index contributed by atoms with van der Waals surface area (Å²) in [5.41, 5.74) is 0.995. The van der Waals surface area contributed by atoms with E-state index in [2.05, 4.69) is 10.0 Å². The van der Waals surface area contributed by atoms with Gasteiger partial charge in [0.2, 0.25) is 10.0 Å². The van der Waals surface area contributed by atoms with Crippen LogP contribution in [0, 0.1) is 5.92 Å². The van der Waals surface area contributed by atoms with Crippen LogP contribution in [0.5, 0.6) is 0 Å². The Bertz CT molecular complexity index is 567. The van der Waals surface area contributed by atoms with Crippen molar-refractivity contribution in [2.24, 2.45) is 5.92 Å². The number of sulfonamides is 1. The van der Waals surface area contributed by atoms with Crippen molar-refractivity contribution in [1.82, 2.24) is 10.0 Å². The summed E-state index contributed by atoms with van der Waals surface area (Å²) in [6, 6.07) is 7.34. The van der Waals surface area contributed by atoms with Gasteiger partial charge in [0, 0.05) is 12.1 Å². The van der Waals surface area contributed by atoms with Crippen LogP contribution < -0.4 is 10.0 Å². The standard InChI is InChI=1S/C16H26N2O2S/c1-4-17-13(3)15-6-5-7-16(11-15)21(19,20)18-12(2)10-14-8-9-14/h5-7,11-14,17-18H,4,8-10H2,1-3H3. The van der Waals surface area contributed by atoms with Crippen molar-refractivity contribution < 1.29 is 8.42 Å². The topological polar surface area (TPSA) is 58.2 Å². The molecular weight excluding hydrogens is 284 g/mol. The smallest absolute Gasteiger partial charge is 0.240 e. The maximum Gasteiger partial charge on any atom is 0.240 e. The molecule has 1 aromatic carbocycles. The fourth-order valence-corrected chi connectivity index (χ4v) is 3.92. The minimum absolute atomic E-state index is 0.00246. The largest absolute Gasteiger partial charge is 0.310 e. The molecule has 1 aliphatic carbocycles. The lowest BCUT2D eigenvalue weighted by Gasteiger charge is -2.16. The molecule has 2 N–H and O–H groups in total. The lowest BCUT2D eigenvalue weighted by molar-refractivity contribution is 0.529. The molecule has 4 nitrogen and oxygen atoms in total. The molecule has 5 heteroatoms. The van der Waals surface area contributed by atoms with Crippen LogP contribution in [0.3, 0.4) is 0 Å². The van der Waals surface area contributed by atoms with E-state index in [4.69, 9.17) is 0 Å². The predicted octanol–water partition coefficient (Wildman–Crippen LogP) is 2.82. The highest BCUT2D eigenvalue weighted by Gasteiger charge is 2.26. The quantitative estimate of drug-likeness (QED) is 0.776. The molecule has 0 aliphatic heterocycles. The third kappa shape index (κ3) is 4.80. The van der Waals surface area contributed by atoms with Gasteiger partial charge in [-0.1, -0.05) is 31.9 Å². The van der Waals surface area contributed by atoms with Crippen molar-refractivity contribution in [3.05, 3.63) is 29.8 Å². The first-order valence-electron chi connectivity index (χ1n) is 7.78. The fourth-order valence-electron chi connectivity index (χ4n) is 2.61. The molecule has 0 aromatic heterocycles. The van der Waals surface area contributed by atoms with E-state index in [1.807, 2.05) is 32.9 Å². The van der Waals surface area contributed by atoms with Gasteiger partial charge in [0.05, 0.1) is 4.90 Å². The summed E-state index contributed by atoms with van der Waals surface area (Å²) in [5.74, 6) is 0.711. The van der Waals surface area contributed by atoms with Crippen molar-refractivity contribution in [1.29, 1.82) is 0 Å². The number of hydrogen-bond donors (Lipinski definition) is 2. The van der Waals surface area contributed by atoms with Crippen LogP contribution in [-0.4, -0.2) is 21.0 Å². The molecule has 118 valence electrons. The van der Waals surface area contributed by atoms with Crippen LogP contribution in [0.25, 0.3) is 0 Å². The molecule has 0 saturated heterocycles. The van der Waals surface area contributed by atoms with Crippen molar-refractivity contribution >= 4 is 10.0 Å². The second-order valence-corrected chi connectivity index (χ2v) is 7.77. The van der Waals surface area contributed by atoms with Crippen LogP contribution in [0.4, 0.5) is 0 Å². The molecule has 0 radical (unpaired) electrons. The third-order valence-corrected chi connectivity index (χ3v) is 5.51. The molecular formula is C16H26N2O2S. The van der Waals surface area contributed by atoms with Gasteiger partial charge < -0.3 is 5.32 Å². The van der Waals surface area contributed by atoms with Gasteiger partial charge in [-0.15, -0.1) is 0 Å². The highest BCUT2D eigenvalue weighted by molar-refractivity contribution is 7.89. The number of benzene rings is 1. The zero-order valence-electron chi connectivity index (χ0n) is 13.1. The van der Waals surface area contributed by atoms with Crippen LogP contribution in [0.2, 0.25) is 0 Å². The Kier molecular flexibility index (Phi) is 5.41. The molecule has 2 unspecified atom stereocenters. The summed E-state index contributed by atoms with van der Waals surface area (Å²) in [7, 11) is -3.43. The van der Waals surface area contributed by atoms with Crippen LogP contribution in [0.1, 0.15) is 51.6 Å². The second kappa shape index (κ2) is 6.90. The summed E-state index contributed by atoms with van der Waals surface area (Å²) >= 11 is 0. The summed E-state index contributed by atoms with van der Waals surface area (Å²) in [6.07, 6.45) is 3.41. The Hall–Kier alpha value is -0.910. The Morgan fingerprint density at radius 1 is 1.29 bits per heavy atom. The summed E-state index contributed by atoms with van der Waals surface area (Å²) in [6.45, 7) is 6.88. The van der Waals surface area contributed by atoms with Gasteiger partial charge in [-0.05, 0) is 50.4 Å². The molecule has 2 rings (SSSR count). The van der Waals surface area contributed by atoms with Gasteiger partial charge in [-0.25, -0.2) is 13.1 Å². The number of rotatable bonds is 8. The molecule has 1 aromatic rings. The van der Waals surface area contributed by atoms with Crippen LogP contribution in [-0.2, 0) is 10.0 Å². The highest BCUT2D eigenvalue weighted by Crippen LogP contribution is 2.33. The van der Waals surface area contributed by atoms with Gasteiger partial charge in [-0.3, -0.25) is 0 Å². The Morgan fingerprint density at radius 3 is 2.62 bits per heavy atom. The molecule has 1 aliphatic rings. The monoisotopic (exact) mass is 310 g/mol. The first kappa shape index (κ1) is 16.5. The zero-order valence-corrected chi connectivity index (χ0v) is 13.9. The van der Waals surface area contributed by atoms with Gasteiger partial charge in [-0.2, -0.15) is 0 Å². The average Bonchev–Trinajstić information content (AvgIpc) is 3.22. The molecule has 21 heavy (non-hydrogen) atoms. The molecule has 0 heterocycles. The van der Waals surface area contributed by atoms with Gasteiger partial charge in [0.15, 0.2) is 0 Å². The Balaban J connectivity index is 2.09. The first-order chi connectivity index (χ1) is 9.92. The number of nitrogens with one attached hydrogen (secondary N) is 2. The second-order valence-electron chi connectivity index (χ2n) is 6.05. The van der Waals surface area contributed by atoms with E-state index in [9.17, 15) is 8.42 Å². The average molecular weight is 310 g/mol. The fraction of sp³-hybridized carbons (Fsp3) is 0.625. The highest BCUT2D eigenvalue weighted by atomic mass is 32.2. The van der Waals surface area contributed by atoms with Crippen molar-refractivity contribution in [2.45, 2.75) is 57.0 Å². The van der Waals surface area contributed by atoms with E-state index in [0.29, 0.717) is 10.8 Å². The normalized spacial score (nSPS) is 18.4. The summed E-state index contributed by atoms with van der Waals surface area (Å²) in [5, 5.41) is 3.30. The van der Waals surface area contributed by atoms with Crippen LogP contribution in [0.15, 0.2) is 29.2 Å². The lowest BCUT2D eigenvalue weighted by Crippen LogP contribution is -2.33. The Labute approximate surface area is 128 Å². The maximum atomic E-state index is 12.4. The minimum atomic E-state index is -3.43. The lowest BCUT2D eigenvalue weighted by atomic mass is 10.1. The van der Waals surface area contributed by atoms with Crippen molar-refractivity contribution in [2.75, 3.05) is 6.54 Å². The van der Waals surface area contributed by atoms with E-state index in [-0.39, 0.29) is 12.1 Å². The molecule has 0 bridgehead atoms. The predicted molar refractivity (Wildman–Crippen MR) is 85.7 cm³/mol. The van der Waals surface area contributed by atoms with E-state index in [0.717, 1.165) is 18.5 Å². The van der Waals surface area contributed by atoms with E-state index in [1.54, 1.807) is 12.1 Å². The molecule has 0 spiro atoms. The maximum absolute atomic E-state index is 12.4. The van der Waals surface area contributed by atoms with Gasteiger partial charge >= 0.3 is 0 Å². The zero-order chi connectivity index (χ0) is 15.5. The third-order valence-electron chi connectivity index (χ3n) is 3.92. The molecule has 1 saturated carbocycles. The van der Waals surface area contributed by atoms with E-state index >= 15 is 0 Å². The minimum Gasteiger partial charge on any atom is -0.310 e. The van der Waals surface area contributed by atoms with Crippen molar-refractivity contribution in [3.8, 4) is 0 Å². The summed E-state index contributed by atoms with van der Waals surface area (Å²) in [4.78, 5) is 0.354. The van der Waals surface area contributed by atoms with Gasteiger partial charge in [0.1, 0.15) is 0 Å². The first-order valence-corrected chi connectivity index (χ1v) is 9.26. The molecule has 1 fully saturated rings. The Morgan fingerprint density at radius 2 is 2.00 bits per heavy atom. The van der Waals surface area contributed by atoms with Crippen LogP contribution >= 0.6 is 0 Å².